The minimum Gasteiger partial charge on any atom is -0.313 e. The van der Waals surface area contributed by atoms with Crippen LogP contribution in [0.3, 0.4) is 0 Å². The fraction of sp³-hybridized carbons (Fsp3) is 0.455. The number of nitrogens with zero attached hydrogens (tertiary/aromatic N) is 1. The van der Waals surface area contributed by atoms with Crippen LogP contribution < -0.4 is 5.32 Å². The van der Waals surface area contributed by atoms with E-state index in [0.717, 1.165) is 25.1 Å². The summed E-state index contributed by atoms with van der Waals surface area (Å²) in [5.74, 6) is 0. The molecule has 1 N–H and O–H groups in total. The Morgan fingerprint density at radius 2 is 2.38 bits per heavy atom. The van der Waals surface area contributed by atoms with Gasteiger partial charge in [0, 0.05) is 18.0 Å². The standard InChI is InChI=1S/C11H16N2O2S/c1-3-9(7-12-4-2)5-10-6-11(13(14)15)16-8-10/h5-6,8,12H,3-4,7H2,1-2H3. The number of hydrogen-bond donors (Lipinski definition) is 1. The molecular weight excluding hydrogens is 224 g/mol. The molecule has 0 spiro atoms. The average molecular weight is 240 g/mol. The van der Waals surface area contributed by atoms with Gasteiger partial charge in [0.05, 0.1) is 4.92 Å². The number of likely N-dealkylation sites (N-methyl/N-ethyl adjacent to an activating group) is 1. The summed E-state index contributed by atoms with van der Waals surface area (Å²) in [6.07, 6.45) is 2.98. The summed E-state index contributed by atoms with van der Waals surface area (Å²) in [5, 5.41) is 15.8. The molecule has 0 bridgehead atoms. The van der Waals surface area contributed by atoms with Crippen molar-refractivity contribution in [1.29, 1.82) is 0 Å². The molecule has 0 saturated carbocycles. The molecule has 0 aliphatic heterocycles. The molecule has 4 nitrogen and oxygen atoms in total. The summed E-state index contributed by atoms with van der Waals surface area (Å²) in [6.45, 7) is 5.92. The van der Waals surface area contributed by atoms with Gasteiger partial charge in [-0.05, 0) is 18.5 Å². The maximum absolute atomic E-state index is 10.5. The Hall–Kier alpha value is -1.20. The molecule has 16 heavy (non-hydrogen) atoms. The van der Waals surface area contributed by atoms with Gasteiger partial charge in [0.25, 0.3) is 0 Å². The first-order chi connectivity index (χ1) is 7.67. The van der Waals surface area contributed by atoms with Crippen LogP contribution in [0.25, 0.3) is 6.08 Å². The van der Waals surface area contributed by atoms with Gasteiger partial charge in [0.15, 0.2) is 0 Å². The third kappa shape index (κ3) is 3.75. The van der Waals surface area contributed by atoms with E-state index in [-0.39, 0.29) is 9.92 Å². The lowest BCUT2D eigenvalue weighted by molar-refractivity contribution is -0.380. The van der Waals surface area contributed by atoms with E-state index in [4.69, 9.17) is 0 Å². The normalized spacial score (nSPS) is 11.8. The Bertz CT molecular complexity index is 385. The second kappa shape index (κ2) is 6.40. The molecule has 5 heteroatoms. The van der Waals surface area contributed by atoms with Crippen molar-refractivity contribution in [3.05, 3.63) is 32.7 Å². The van der Waals surface area contributed by atoms with Crippen LogP contribution in [0.2, 0.25) is 0 Å². The van der Waals surface area contributed by atoms with E-state index in [9.17, 15) is 10.1 Å². The highest BCUT2D eigenvalue weighted by molar-refractivity contribution is 7.13. The van der Waals surface area contributed by atoms with Crippen LogP contribution in [-0.2, 0) is 0 Å². The van der Waals surface area contributed by atoms with E-state index in [2.05, 4.69) is 19.2 Å². The van der Waals surface area contributed by atoms with Crippen molar-refractivity contribution < 1.29 is 4.92 Å². The lowest BCUT2D eigenvalue weighted by Crippen LogP contribution is -2.15. The Labute approximate surface area is 99.1 Å². The molecule has 1 heterocycles. The van der Waals surface area contributed by atoms with Gasteiger partial charge in [-0.2, -0.15) is 0 Å². The van der Waals surface area contributed by atoms with Crippen molar-refractivity contribution in [3.8, 4) is 0 Å². The highest BCUT2D eigenvalue weighted by Crippen LogP contribution is 2.24. The van der Waals surface area contributed by atoms with Crippen molar-refractivity contribution in [3.63, 3.8) is 0 Å². The first kappa shape index (κ1) is 12.9. The molecule has 0 fully saturated rings. The molecule has 1 aromatic heterocycles. The third-order valence-electron chi connectivity index (χ3n) is 2.21. The van der Waals surface area contributed by atoms with Crippen LogP contribution in [0, 0.1) is 10.1 Å². The fourth-order valence-electron chi connectivity index (χ4n) is 1.31. The highest BCUT2D eigenvalue weighted by Gasteiger charge is 2.08. The van der Waals surface area contributed by atoms with Crippen molar-refractivity contribution in [2.75, 3.05) is 13.1 Å². The largest absolute Gasteiger partial charge is 0.324 e. The zero-order valence-electron chi connectivity index (χ0n) is 9.53. The zero-order chi connectivity index (χ0) is 12.0. The minimum atomic E-state index is -0.349. The highest BCUT2D eigenvalue weighted by atomic mass is 32.1. The van der Waals surface area contributed by atoms with E-state index < -0.39 is 0 Å². The van der Waals surface area contributed by atoms with Crippen LogP contribution in [0.5, 0.6) is 0 Å². The Morgan fingerprint density at radius 1 is 1.62 bits per heavy atom. The lowest BCUT2D eigenvalue weighted by Gasteiger charge is -2.04. The predicted molar refractivity (Wildman–Crippen MR) is 67.8 cm³/mol. The van der Waals surface area contributed by atoms with E-state index in [1.54, 1.807) is 6.07 Å². The van der Waals surface area contributed by atoms with Crippen molar-refractivity contribution in [1.82, 2.24) is 5.32 Å². The fourth-order valence-corrected chi connectivity index (χ4v) is 1.99. The molecule has 0 amide bonds. The Kier molecular flexibility index (Phi) is 5.14. The number of nitrogens with one attached hydrogen (secondary N) is 1. The van der Waals surface area contributed by atoms with E-state index in [1.165, 1.54) is 16.9 Å². The lowest BCUT2D eigenvalue weighted by atomic mass is 10.1. The van der Waals surface area contributed by atoms with Gasteiger partial charge >= 0.3 is 5.00 Å². The number of nitro groups is 1. The van der Waals surface area contributed by atoms with E-state index in [1.807, 2.05) is 11.5 Å². The van der Waals surface area contributed by atoms with Gasteiger partial charge in [-0.25, -0.2) is 0 Å². The molecule has 88 valence electrons. The van der Waals surface area contributed by atoms with Crippen molar-refractivity contribution in [2.24, 2.45) is 0 Å². The summed E-state index contributed by atoms with van der Waals surface area (Å²) >= 11 is 1.17. The first-order valence-electron chi connectivity index (χ1n) is 5.30. The molecule has 0 aliphatic rings. The van der Waals surface area contributed by atoms with Crippen molar-refractivity contribution >= 4 is 22.4 Å². The van der Waals surface area contributed by atoms with Crippen LogP contribution >= 0.6 is 11.3 Å². The van der Waals surface area contributed by atoms with Gasteiger partial charge in [0.2, 0.25) is 0 Å². The van der Waals surface area contributed by atoms with Gasteiger partial charge in [-0.15, -0.1) is 0 Å². The summed E-state index contributed by atoms with van der Waals surface area (Å²) in [7, 11) is 0. The summed E-state index contributed by atoms with van der Waals surface area (Å²) in [6, 6.07) is 1.62. The number of hydrogen-bond acceptors (Lipinski definition) is 4. The van der Waals surface area contributed by atoms with E-state index in [0.29, 0.717) is 0 Å². The van der Waals surface area contributed by atoms with Crippen LogP contribution in [0.15, 0.2) is 17.0 Å². The second-order valence-electron chi connectivity index (χ2n) is 3.41. The smallest absolute Gasteiger partial charge is 0.313 e. The van der Waals surface area contributed by atoms with Gasteiger partial charge < -0.3 is 5.32 Å². The van der Waals surface area contributed by atoms with Gasteiger partial charge in [-0.3, -0.25) is 10.1 Å². The Balaban J connectivity index is 2.74. The first-order valence-corrected chi connectivity index (χ1v) is 6.18. The number of thiophene rings is 1. The zero-order valence-corrected chi connectivity index (χ0v) is 10.3. The molecule has 1 rings (SSSR count). The molecule has 0 aromatic carbocycles. The topological polar surface area (TPSA) is 55.2 Å². The van der Waals surface area contributed by atoms with Crippen LogP contribution in [0.1, 0.15) is 25.8 Å². The van der Waals surface area contributed by atoms with Crippen LogP contribution in [-0.4, -0.2) is 18.0 Å². The van der Waals surface area contributed by atoms with Gasteiger partial charge in [0.1, 0.15) is 0 Å². The molecule has 0 unspecified atom stereocenters. The summed E-state index contributed by atoms with van der Waals surface area (Å²) in [5.41, 5.74) is 2.18. The molecule has 0 saturated heterocycles. The number of rotatable bonds is 6. The maximum Gasteiger partial charge on any atom is 0.324 e. The molecule has 0 radical (unpaired) electrons. The molecule has 0 atom stereocenters. The quantitative estimate of drug-likeness (QED) is 0.614. The summed E-state index contributed by atoms with van der Waals surface area (Å²) in [4.78, 5) is 10.2. The maximum atomic E-state index is 10.5. The molecule has 0 aliphatic carbocycles. The minimum absolute atomic E-state index is 0.199. The SMILES string of the molecule is CCNCC(=Cc1csc([N+](=O)[O-])c1)CC. The molecule has 1 aromatic rings. The molecular formula is C11H16N2O2S. The second-order valence-corrected chi connectivity index (χ2v) is 4.30. The van der Waals surface area contributed by atoms with Crippen molar-refractivity contribution in [2.45, 2.75) is 20.3 Å². The average Bonchev–Trinajstić information content (AvgIpc) is 2.72. The summed E-state index contributed by atoms with van der Waals surface area (Å²) < 4.78 is 0. The van der Waals surface area contributed by atoms with Crippen LogP contribution in [0.4, 0.5) is 5.00 Å². The third-order valence-corrected chi connectivity index (χ3v) is 3.11. The monoisotopic (exact) mass is 240 g/mol. The van der Waals surface area contributed by atoms with E-state index >= 15 is 0 Å². The Morgan fingerprint density at radius 3 is 2.88 bits per heavy atom. The van der Waals surface area contributed by atoms with Gasteiger partial charge in [-0.1, -0.05) is 36.8 Å². The predicted octanol–water partition coefficient (Wildman–Crippen LogP) is 3.06.